The van der Waals surface area contributed by atoms with Crippen LogP contribution in [0, 0.1) is 6.92 Å². The van der Waals surface area contributed by atoms with Crippen molar-refractivity contribution >= 4 is 15.7 Å². The highest BCUT2D eigenvalue weighted by Gasteiger charge is 2.17. The van der Waals surface area contributed by atoms with Crippen molar-refractivity contribution in [2.45, 2.75) is 31.2 Å². The van der Waals surface area contributed by atoms with E-state index in [4.69, 9.17) is 0 Å². The molecule has 0 radical (unpaired) electrons. The Labute approximate surface area is 137 Å². The summed E-state index contributed by atoms with van der Waals surface area (Å²) < 4.78 is 24.4. The Bertz CT molecular complexity index is 753. The van der Waals surface area contributed by atoms with Gasteiger partial charge in [0, 0.05) is 6.42 Å². The monoisotopic (exact) mass is 331 g/mol. The summed E-state index contributed by atoms with van der Waals surface area (Å²) in [7, 11) is -3.43. The lowest BCUT2D eigenvalue weighted by atomic mass is 10.1. The zero-order valence-electron chi connectivity index (χ0n) is 13.3. The van der Waals surface area contributed by atoms with Gasteiger partial charge in [0.2, 0.25) is 5.91 Å². The lowest BCUT2D eigenvalue weighted by Gasteiger charge is -2.14. The van der Waals surface area contributed by atoms with Crippen molar-refractivity contribution in [1.82, 2.24) is 5.32 Å². The first-order chi connectivity index (χ1) is 10.9. The maximum absolute atomic E-state index is 12.2. The summed E-state index contributed by atoms with van der Waals surface area (Å²) in [6, 6.07) is 16.1. The molecule has 0 aliphatic carbocycles. The standard InChI is InChI=1S/C18H21NO3S/c1-14-8-10-17(11-9-14)23(21,22)13-12-18(20)19-15(2)16-6-4-3-5-7-16/h3-11,15H,12-13H2,1-2H3,(H,19,20). The second kappa shape index (κ2) is 7.42. The fourth-order valence-electron chi connectivity index (χ4n) is 2.23. The maximum Gasteiger partial charge on any atom is 0.221 e. The van der Waals surface area contributed by atoms with E-state index in [0.717, 1.165) is 11.1 Å². The Balaban J connectivity index is 1.92. The van der Waals surface area contributed by atoms with Gasteiger partial charge in [-0.25, -0.2) is 8.42 Å². The van der Waals surface area contributed by atoms with Gasteiger partial charge in [-0.1, -0.05) is 48.0 Å². The van der Waals surface area contributed by atoms with Crippen LogP contribution >= 0.6 is 0 Å². The molecule has 1 N–H and O–H groups in total. The van der Waals surface area contributed by atoms with Crippen molar-refractivity contribution in [3.05, 3.63) is 65.7 Å². The molecule has 5 heteroatoms. The molecule has 2 aromatic rings. The van der Waals surface area contributed by atoms with Gasteiger partial charge in [-0.15, -0.1) is 0 Å². The average molecular weight is 331 g/mol. The molecule has 0 saturated carbocycles. The molecule has 0 saturated heterocycles. The Morgan fingerprint density at radius 1 is 1.04 bits per heavy atom. The van der Waals surface area contributed by atoms with E-state index >= 15 is 0 Å². The molecule has 2 aromatic carbocycles. The molecule has 1 amide bonds. The minimum Gasteiger partial charge on any atom is -0.350 e. The molecule has 0 aliphatic rings. The van der Waals surface area contributed by atoms with Gasteiger partial charge in [0.25, 0.3) is 0 Å². The Morgan fingerprint density at radius 3 is 2.26 bits per heavy atom. The van der Waals surface area contributed by atoms with Crippen LogP contribution in [0.1, 0.15) is 30.5 Å². The first-order valence-corrected chi connectivity index (χ1v) is 9.17. The van der Waals surface area contributed by atoms with Crippen LogP contribution in [0.5, 0.6) is 0 Å². The highest BCUT2D eigenvalue weighted by molar-refractivity contribution is 7.91. The van der Waals surface area contributed by atoms with E-state index in [1.807, 2.05) is 44.2 Å². The molecule has 1 unspecified atom stereocenters. The third-order valence-corrected chi connectivity index (χ3v) is 5.39. The Kier molecular flexibility index (Phi) is 5.55. The molecule has 1 atom stereocenters. The number of benzene rings is 2. The quantitative estimate of drug-likeness (QED) is 0.885. The predicted octanol–water partition coefficient (Wildman–Crippen LogP) is 3.04. The normalized spacial score (nSPS) is 12.6. The highest BCUT2D eigenvalue weighted by Crippen LogP contribution is 2.14. The van der Waals surface area contributed by atoms with Crippen LogP contribution in [0.4, 0.5) is 0 Å². The lowest BCUT2D eigenvalue weighted by molar-refractivity contribution is -0.121. The van der Waals surface area contributed by atoms with Gasteiger partial charge >= 0.3 is 0 Å². The summed E-state index contributed by atoms with van der Waals surface area (Å²) in [5.41, 5.74) is 1.99. The van der Waals surface area contributed by atoms with Gasteiger partial charge in [0.05, 0.1) is 16.7 Å². The largest absolute Gasteiger partial charge is 0.350 e. The third-order valence-electron chi connectivity index (χ3n) is 3.66. The van der Waals surface area contributed by atoms with E-state index in [2.05, 4.69) is 5.32 Å². The molecule has 0 aromatic heterocycles. The van der Waals surface area contributed by atoms with Crippen molar-refractivity contribution in [3.63, 3.8) is 0 Å². The minimum atomic E-state index is -3.43. The Hall–Kier alpha value is -2.14. The van der Waals surface area contributed by atoms with E-state index in [9.17, 15) is 13.2 Å². The van der Waals surface area contributed by atoms with Gasteiger partial charge < -0.3 is 5.32 Å². The van der Waals surface area contributed by atoms with Gasteiger partial charge in [0.15, 0.2) is 9.84 Å². The van der Waals surface area contributed by atoms with E-state index in [0.29, 0.717) is 0 Å². The number of carbonyl (C=O) groups is 1. The maximum atomic E-state index is 12.2. The van der Waals surface area contributed by atoms with Crippen molar-refractivity contribution in [1.29, 1.82) is 0 Å². The number of carbonyl (C=O) groups excluding carboxylic acids is 1. The summed E-state index contributed by atoms with van der Waals surface area (Å²) in [5.74, 6) is -0.458. The van der Waals surface area contributed by atoms with E-state index in [1.165, 1.54) is 0 Å². The zero-order chi connectivity index (χ0) is 16.9. The summed E-state index contributed by atoms with van der Waals surface area (Å²) in [4.78, 5) is 12.2. The molecule has 4 nitrogen and oxygen atoms in total. The van der Waals surface area contributed by atoms with Crippen molar-refractivity contribution in [2.24, 2.45) is 0 Å². The molecule has 23 heavy (non-hydrogen) atoms. The molecule has 0 aliphatic heterocycles. The third kappa shape index (κ3) is 4.93. The fraction of sp³-hybridized carbons (Fsp3) is 0.278. The molecule has 122 valence electrons. The smallest absolute Gasteiger partial charge is 0.221 e. The number of hydrogen-bond acceptors (Lipinski definition) is 3. The SMILES string of the molecule is Cc1ccc(S(=O)(=O)CCC(=O)NC(C)c2ccccc2)cc1. The van der Waals surface area contributed by atoms with Crippen molar-refractivity contribution in [3.8, 4) is 0 Å². The number of hydrogen-bond donors (Lipinski definition) is 1. The number of rotatable bonds is 6. The summed E-state index contributed by atoms with van der Waals surface area (Å²) in [6.07, 6.45) is -0.0482. The molecule has 0 spiro atoms. The molecule has 0 heterocycles. The van der Waals surface area contributed by atoms with E-state index < -0.39 is 9.84 Å². The van der Waals surface area contributed by atoms with Crippen LogP contribution in [0.25, 0.3) is 0 Å². The topological polar surface area (TPSA) is 63.2 Å². The van der Waals surface area contributed by atoms with Crippen LogP contribution in [0.15, 0.2) is 59.5 Å². The fourth-order valence-corrected chi connectivity index (χ4v) is 3.47. The van der Waals surface area contributed by atoms with Gasteiger partial charge in [-0.05, 0) is 31.5 Å². The van der Waals surface area contributed by atoms with Gasteiger partial charge in [-0.2, -0.15) is 0 Å². The van der Waals surface area contributed by atoms with Gasteiger partial charge in [0.1, 0.15) is 0 Å². The van der Waals surface area contributed by atoms with Crippen LogP contribution in [-0.4, -0.2) is 20.1 Å². The van der Waals surface area contributed by atoms with Crippen LogP contribution < -0.4 is 5.32 Å². The number of aryl methyl sites for hydroxylation is 1. The molecular formula is C18H21NO3S. The van der Waals surface area contributed by atoms with Gasteiger partial charge in [-0.3, -0.25) is 4.79 Å². The minimum absolute atomic E-state index is 0.0482. The molecular weight excluding hydrogens is 310 g/mol. The molecule has 0 bridgehead atoms. The Morgan fingerprint density at radius 2 is 1.65 bits per heavy atom. The van der Waals surface area contributed by atoms with Crippen LogP contribution in [-0.2, 0) is 14.6 Å². The zero-order valence-corrected chi connectivity index (χ0v) is 14.1. The summed E-state index contributed by atoms with van der Waals surface area (Å²) in [6.45, 7) is 3.77. The van der Waals surface area contributed by atoms with E-state index in [1.54, 1.807) is 24.3 Å². The first kappa shape index (κ1) is 17.2. The van der Waals surface area contributed by atoms with Crippen LogP contribution in [0.2, 0.25) is 0 Å². The van der Waals surface area contributed by atoms with Crippen LogP contribution in [0.3, 0.4) is 0 Å². The predicted molar refractivity (Wildman–Crippen MR) is 90.8 cm³/mol. The van der Waals surface area contributed by atoms with Crippen molar-refractivity contribution < 1.29 is 13.2 Å². The second-order valence-electron chi connectivity index (χ2n) is 5.58. The number of amides is 1. The first-order valence-electron chi connectivity index (χ1n) is 7.52. The molecule has 0 fully saturated rings. The molecule has 2 rings (SSSR count). The second-order valence-corrected chi connectivity index (χ2v) is 7.69. The number of nitrogens with one attached hydrogen (secondary N) is 1. The highest BCUT2D eigenvalue weighted by atomic mass is 32.2. The lowest BCUT2D eigenvalue weighted by Crippen LogP contribution is -2.28. The number of sulfone groups is 1. The average Bonchev–Trinajstić information content (AvgIpc) is 2.54. The van der Waals surface area contributed by atoms with Crippen molar-refractivity contribution in [2.75, 3.05) is 5.75 Å². The summed E-state index contributed by atoms with van der Waals surface area (Å²) >= 11 is 0. The van der Waals surface area contributed by atoms with E-state index in [-0.39, 0.29) is 29.0 Å². The summed E-state index contributed by atoms with van der Waals surface area (Å²) in [5, 5.41) is 2.83.